The summed E-state index contributed by atoms with van der Waals surface area (Å²) in [5.74, 6) is 0.818. The Kier molecular flexibility index (Phi) is 5.49. The smallest absolute Gasteiger partial charge is 0.269 e. The van der Waals surface area contributed by atoms with Crippen LogP contribution in [0.1, 0.15) is 10.4 Å². The SMILES string of the molecule is Nc1c(NNC(=O)c2ccc(Cl)cc2)ncnc1Nc1ccc(Br)cn1. The summed E-state index contributed by atoms with van der Waals surface area (Å²) in [7, 11) is 0. The number of nitrogens with one attached hydrogen (secondary N) is 3. The minimum atomic E-state index is -0.358. The van der Waals surface area contributed by atoms with Gasteiger partial charge in [-0.05, 0) is 52.3 Å². The van der Waals surface area contributed by atoms with Gasteiger partial charge in [-0.3, -0.25) is 15.6 Å². The van der Waals surface area contributed by atoms with Crippen molar-refractivity contribution >= 4 is 56.6 Å². The van der Waals surface area contributed by atoms with Gasteiger partial charge < -0.3 is 11.1 Å². The summed E-state index contributed by atoms with van der Waals surface area (Å²) < 4.78 is 0.853. The maximum atomic E-state index is 12.1. The van der Waals surface area contributed by atoms with Gasteiger partial charge in [0.25, 0.3) is 5.91 Å². The lowest BCUT2D eigenvalue weighted by molar-refractivity contribution is 0.0962. The number of benzene rings is 1. The fourth-order valence-electron chi connectivity index (χ4n) is 1.96. The molecular weight excluding hydrogens is 422 g/mol. The molecule has 0 radical (unpaired) electrons. The summed E-state index contributed by atoms with van der Waals surface area (Å²) >= 11 is 9.12. The first-order chi connectivity index (χ1) is 12.5. The van der Waals surface area contributed by atoms with E-state index in [9.17, 15) is 4.79 Å². The van der Waals surface area contributed by atoms with Crippen LogP contribution in [-0.2, 0) is 0 Å². The van der Waals surface area contributed by atoms with Gasteiger partial charge in [-0.1, -0.05) is 11.6 Å². The van der Waals surface area contributed by atoms with Crippen molar-refractivity contribution in [2.24, 2.45) is 0 Å². The topological polar surface area (TPSA) is 118 Å². The predicted octanol–water partition coefficient (Wildman–Crippen LogP) is 3.37. The summed E-state index contributed by atoms with van der Waals surface area (Å²) in [6.45, 7) is 0. The third-order valence-electron chi connectivity index (χ3n) is 3.26. The van der Waals surface area contributed by atoms with E-state index in [-0.39, 0.29) is 17.4 Å². The fourth-order valence-corrected chi connectivity index (χ4v) is 2.32. The van der Waals surface area contributed by atoms with Crippen LogP contribution in [0.4, 0.5) is 23.1 Å². The van der Waals surface area contributed by atoms with E-state index in [4.69, 9.17) is 17.3 Å². The molecule has 10 heteroatoms. The largest absolute Gasteiger partial charge is 0.393 e. The van der Waals surface area contributed by atoms with Gasteiger partial charge in [-0.2, -0.15) is 0 Å². The van der Waals surface area contributed by atoms with E-state index < -0.39 is 0 Å². The van der Waals surface area contributed by atoms with E-state index in [1.165, 1.54) is 6.33 Å². The van der Waals surface area contributed by atoms with Crippen LogP contribution in [0, 0.1) is 0 Å². The normalized spacial score (nSPS) is 10.2. The summed E-state index contributed by atoms with van der Waals surface area (Å²) in [5, 5.41) is 3.54. The number of hydrazine groups is 1. The Labute approximate surface area is 162 Å². The Bertz CT molecular complexity index is 919. The quantitative estimate of drug-likeness (QED) is 0.455. The molecule has 2 heterocycles. The van der Waals surface area contributed by atoms with Crippen LogP contribution in [0.25, 0.3) is 0 Å². The molecule has 5 N–H and O–H groups in total. The molecule has 8 nitrogen and oxygen atoms in total. The highest BCUT2D eigenvalue weighted by atomic mass is 79.9. The van der Waals surface area contributed by atoms with Gasteiger partial charge >= 0.3 is 0 Å². The molecule has 0 aliphatic rings. The second-order valence-corrected chi connectivity index (χ2v) is 6.41. The van der Waals surface area contributed by atoms with Gasteiger partial charge in [-0.15, -0.1) is 0 Å². The number of hydrogen-bond acceptors (Lipinski definition) is 7. The van der Waals surface area contributed by atoms with Gasteiger partial charge in [0.05, 0.1) is 0 Å². The van der Waals surface area contributed by atoms with Gasteiger partial charge in [0.1, 0.15) is 17.8 Å². The van der Waals surface area contributed by atoms with Crippen molar-refractivity contribution in [2.75, 3.05) is 16.5 Å². The standard InChI is InChI=1S/C16H13BrClN7O/c17-10-3-6-12(20-7-10)23-14-13(19)15(22-8-21-14)24-25-16(26)9-1-4-11(18)5-2-9/h1-8H,19H2,(H,25,26)(H2,20,21,22,23,24). The van der Waals surface area contributed by atoms with E-state index in [0.717, 1.165) is 4.47 Å². The highest BCUT2D eigenvalue weighted by Gasteiger charge is 2.11. The number of anilines is 4. The van der Waals surface area contributed by atoms with Crippen LogP contribution in [0.3, 0.4) is 0 Å². The van der Waals surface area contributed by atoms with E-state index in [2.05, 4.69) is 47.1 Å². The van der Waals surface area contributed by atoms with Gasteiger partial charge in [0, 0.05) is 21.3 Å². The van der Waals surface area contributed by atoms with Crippen LogP contribution in [0.15, 0.2) is 53.4 Å². The molecule has 3 aromatic rings. The molecule has 132 valence electrons. The highest BCUT2D eigenvalue weighted by molar-refractivity contribution is 9.10. The molecule has 2 aromatic heterocycles. The first-order valence-corrected chi connectivity index (χ1v) is 8.51. The number of halogens is 2. The van der Waals surface area contributed by atoms with Crippen molar-refractivity contribution in [3.8, 4) is 0 Å². The number of nitrogen functional groups attached to an aromatic ring is 1. The Morgan fingerprint density at radius 2 is 1.77 bits per heavy atom. The lowest BCUT2D eigenvalue weighted by atomic mass is 10.2. The lowest BCUT2D eigenvalue weighted by Gasteiger charge is -2.13. The summed E-state index contributed by atoms with van der Waals surface area (Å²) in [5.41, 5.74) is 11.9. The molecule has 1 aromatic carbocycles. The van der Waals surface area contributed by atoms with E-state index in [0.29, 0.717) is 22.2 Å². The van der Waals surface area contributed by atoms with Gasteiger partial charge in [0.15, 0.2) is 11.6 Å². The molecule has 0 fully saturated rings. The molecule has 0 aliphatic heterocycles. The van der Waals surface area contributed by atoms with Crippen LogP contribution in [0.5, 0.6) is 0 Å². The Hall–Kier alpha value is -2.91. The third-order valence-corrected chi connectivity index (χ3v) is 3.98. The molecule has 0 saturated carbocycles. The summed E-state index contributed by atoms with van der Waals surface area (Å²) in [6.07, 6.45) is 2.96. The maximum absolute atomic E-state index is 12.1. The average molecular weight is 435 g/mol. The number of carbonyl (C=O) groups is 1. The monoisotopic (exact) mass is 433 g/mol. The molecular formula is C16H13BrClN7O. The van der Waals surface area contributed by atoms with Gasteiger partial charge in [0.2, 0.25) is 0 Å². The minimum absolute atomic E-state index is 0.230. The molecule has 1 amide bonds. The second-order valence-electron chi connectivity index (χ2n) is 5.06. The van der Waals surface area contributed by atoms with Crippen LogP contribution < -0.4 is 21.9 Å². The highest BCUT2D eigenvalue weighted by Crippen LogP contribution is 2.25. The Morgan fingerprint density at radius 1 is 1.04 bits per heavy atom. The Balaban J connectivity index is 1.69. The third kappa shape index (κ3) is 4.38. The molecule has 0 unspecified atom stereocenters. The number of amides is 1. The van der Waals surface area contributed by atoms with Crippen molar-refractivity contribution in [3.63, 3.8) is 0 Å². The summed E-state index contributed by atoms with van der Waals surface area (Å²) in [6, 6.07) is 10.1. The van der Waals surface area contributed by atoms with Crippen LogP contribution in [0.2, 0.25) is 5.02 Å². The number of nitrogens with two attached hydrogens (primary N) is 1. The molecule has 0 aliphatic carbocycles. The molecule has 0 spiro atoms. The number of pyridine rings is 1. The maximum Gasteiger partial charge on any atom is 0.269 e. The zero-order chi connectivity index (χ0) is 18.5. The number of aromatic nitrogens is 3. The number of nitrogens with zero attached hydrogens (tertiary/aromatic N) is 3. The number of hydrogen-bond donors (Lipinski definition) is 4. The van der Waals surface area contributed by atoms with E-state index in [1.807, 2.05) is 6.07 Å². The van der Waals surface area contributed by atoms with Crippen molar-refractivity contribution < 1.29 is 4.79 Å². The van der Waals surface area contributed by atoms with Crippen molar-refractivity contribution in [3.05, 3.63) is 64.0 Å². The first kappa shape index (κ1) is 17.9. The number of rotatable bonds is 5. The average Bonchev–Trinajstić information content (AvgIpc) is 2.64. The Morgan fingerprint density at radius 3 is 2.46 bits per heavy atom. The van der Waals surface area contributed by atoms with Crippen molar-refractivity contribution in [2.45, 2.75) is 0 Å². The molecule has 0 bridgehead atoms. The van der Waals surface area contributed by atoms with Crippen molar-refractivity contribution in [1.82, 2.24) is 20.4 Å². The molecule has 0 saturated heterocycles. The molecule has 26 heavy (non-hydrogen) atoms. The fraction of sp³-hybridized carbons (Fsp3) is 0. The molecule has 0 atom stereocenters. The first-order valence-electron chi connectivity index (χ1n) is 7.34. The molecule has 3 rings (SSSR count). The zero-order valence-corrected chi connectivity index (χ0v) is 15.5. The predicted molar refractivity (Wildman–Crippen MR) is 104 cm³/mol. The van der Waals surface area contributed by atoms with E-state index in [1.54, 1.807) is 36.5 Å². The lowest BCUT2D eigenvalue weighted by Crippen LogP contribution is -2.30. The second kappa shape index (κ2) is 7.98. The summed E-state index contributed by atoms with van der Waals surface area (Å²) in [4.78, 5) is 24.4. The number of carbonyl (C=O) groups excluding carboxylic acids is 1. The van der Waals surface area contributed by atoms with Crippen molar-refractivity contribution in [1.29, 1.82) is 0 Å². The van der Waals surface area contributed by atoms with Gasteiger partial charge in [-0.25, -0.2) is 15.0 Å². The zero-order valence-electron chi connectivity index (χ0n) is 13.2. The van der Waals surface area contributed by atoms with E-state index >= 15 is 0 Å². The minimum Gasteiger partial charge on any atom is -0.393 e. The van der Waals surface area contributed by atoms with Crippen LogP contribution >= 0.6 is 27.5 Å². The van der Waals surface area contributed by atoms with Crippen LogP contribution in [-0.4, -0.2) is 20.9 Å².